The Kier molecular flexibility index (Phi) is 2.06. The number of carboxylic acid groups (broad SMARTS) is 1. The molecule has 0 fully saturated rings. The first-order chi connectivity index (χ1) is 5.18. The first kappa shape index (κ1) is 7.53. The van der Waals surface area contributed by atoms with Gasteiger partial charge in [0, 0.05) is 6.08 Å². The van der Waals surface area contributed by atoms with Gasteiger partial charge in [-0.2, -0.15) is 0 Å². The highest BCUT2D eigenvalue weighted by molar-refractivity contribution is 5.84. The minimum Gasteiger partial charge on any atom is -0.478 e. The van der Waals surface area contributed by atoms with Crippen LogP contribution >= 0.6 is 0 Å². The zero-order valence-electron chi connectivity index (χ0n) is 6.03. The van der Waals surface area contributed by atoms with Crippen LogP contribution in [0.15, 0.2) is 12.3 Å². The lowest BCUT2D eigenvalue weighted by Crippen LogP contribution is -1.85. The van der Waals surface area contributed by atoms with Crippen LogP contribution in [0, 0.1) is 6.92 Å². The van der Waals surface area contributed by atoms with Crippen LogP contribution in [-0.2, 0) is 4.79 Å². The van der Waals surface area contributed by atoms with Gasteiger partial charge in [0.2, 0.25) is 0 Å². The molecule has 0 saturated heterocycles. The van der Waals surface area contributed by atoms with Crippen molar-refractivity contribution in [3.63, 3.8) is 0 Å². The fraction of sp³-hybridized carbons (Fsp3) is 0.143. The largest absolute Gasteiger partial charge is 0.478 e. The van der Waals surface area contributed by atoms with E-state index < -0.39 is 5.97 Å². The Labute approximate surface area is 63.6 Å². The van der Waals surface area contributed by atoms with Crippen molar-refractivity contribution in [2.45, 2.75) is 6.92 Å². The summed E-state index contributed by atoms with van der Waals surface area (Å²) < 4.78 is 0. The van der Waals surface area contributed by atoms with Gasteiger partial charge in [-0.3, -0.25) is 0 Å². The molecule has 0 spiro atoms. The molecule has 0 aliphatic rings. The van der Waals surface area contributed by atoms with Crippen LogP contribution in [0.1, 0.15) is 11.5 Å². The average Bonchev–Trinajstić information content (AvgIpc) is 2.31. The Hall–Kier alpha value is -1.58. The second kappa shape index (κ2) is 3.01. The number of nitrogens with zero attached hydrogens (tertiary/aromatic N) is 1. The molecule has 0 atom stereocenters. The van der Waals surface area contributed by atoms with Gasteiger partial charge in [-0.25, -0.2) is 9.78 Å². The van der Waals surface area contributed by atoms with Crippen LogP contribution in [-0.4, -0.2) is 21.0 Å². The molecule has 0 radical (unpaired) electrons. The Morgan fingerprint density at radius 3 is 3.00 bits per heavy atom. The van der Waals surface area contributed by atoms with Gasteiger partial charge in [-0.15, -0.1) is 0 Å². The Bertz CT molecular complexity index is 288. The number of aromatic amines is 1. The maximum atomic E-state index is 10.1. The van der Waals surface area contributed by atoms with Crippen molar-refractivity contribution < 1.29 is 9.90 Å². The fourth-order valence-corrected chi connectivity index (χ4v) is 0.686. The molecule has 4 heteroatoms. The van der Waals surface area contributed by atoms with Crippen molar-refractivity contribution in [2.75, 3.05) is 0 Å². The third-order valence-corrected chi connectivity index (χ3v) is 1.13. The lowest BCUT2D eigenvalue weighted by Gasteiger charge is -1.81. The Balaban J connectivity index is 2.71. The molecule has 58 valence electrons. The number of carboxylic acids is 1. The normalized spacial score (nSPS) is 10.6. The number of imidazole rings is 1. The summed E-state index contributed by atoms with van der Waals surface area (Å²) in [6.45, 7) is 1.80. The van der Waals surface area contributed by atoms with Gasteiger partial charge in [0.05, 0.1) is 11.9 Å². The van der Waals surface area contributed by atoms with E-state index in [1.54, 1.807) is 13.1 Å². The lowest BCUT2D eigenvalue weighted by atomic mass is 10.4. The first-order valence-corrected chi connectivity index (χ1v) is 3.11. The molecule has 0 amide bonds. The molecule has 11 heavy (non-hydrogen) atoms. The minimum absolute atomic E-state index is 0.699. The van der Waals surface area contributed by atoms with Crippen LogP contribution in [0.3, 0.4) is 0 Å². The summed E-state index contributed by atoms with van der Waals surface area (Å²) >= 11 is 0. The topological polar surface area (TPSA) is 66.0 Å². The van der Waals surface area contributed by atoms with Gasteiger partial charge in [0.25, 0.3) is 0 Å². The monoisotopic (exact) mass is 152 g/mol. The highest BCUT2D eigenvalue weighted by Gasteiger charge is 1.91. The Morgan fingerprint density at radius 1 is 1.82 bits per heavy atom. The molecule has 0 saturated carbocycles. The molecule has 0 unspecified atom stereocenters. The van der Waals surface area contributed by atoms with Gasteiger partial charge < -0.3 is 10.1 Å². The average molecular weight is 152 g/mol. The van der Waals surface area contributed by atoms with Gasteiger partial charge in [0.1, 0.15) is 5.82 Å². The summed E-state index contributed by atoms with van der Waals surface area (Å²) in [6.07, 6.45) is 4.10. The highest BCUT2D eigenvalue weighted by atomic mass is 16.4. The van der Waals surface area contributed by atoms with Crippen molar-refractivity contribution in [1.29, 1.82) is 0 Å². The summed E-state index contributed by atoms with van der Waals surface area (Å²) in [7, 11) is 0. The zero-order valence-corrected chi connectivity index (χ0v) is 6.03. The van der Waals surface area contributed by atoms with Gasteiger partial charge >= 0.3 is 5.97 Å². The minimum atomic E-state index is -0.961. The highest BCUT2D eigenvalue weighted by Crippen LogP contribution is 1.97. The van der Waals surface area contributed by atoms with Gasteiger partial charge in [-0.1, -0.05) is 0 Å². The maximum absolute atomic E-state index is 10.1. The van der Waals surface area contributed by atoms with Gasteiger partial charge in [0.15, 0.2) is 0 Å². The van der Waals surface area contributed by atoms with E-state index in [2.05, 4.69) is 9.97 Å². The van der Waals surface area contributed by atoms with E-state index in [-0.39, 0.29) is 0 Å². The third kappa shape index (κ3) is 2.25. The van der Waals surface area contributed by atoms with Crippen LogP contribution < -0.4 is 0 Å². The van der Waals surface area contributed by atoms with Crippen LogP contribution in [0.2, 0.25) is 0 Å². The molecule has 0 bridgehead atoms. The number of rotatable bonds is 2. The maximum Gasteiger partial charge on any atom is 0.328 e. The summed E-state index contributed by atoms with van der Waals surface area (Å²) in [6, 6.07) is 0. The smallest absolute Gasteiger partial charge is 0.328 e. The van der Waals surface area contributed by atoms with Crippen molar-refractivity contribution in [1.82, 2.24) is 9.97 Å². The summed E-state index contributed by atoms with van der Waals surface area (Å²) in [5, 5.41) is 8.26. The number of H-pyrrole nitrogens is 1. The van der Waals surface area contributed by atoms with Crippen LogP contribution in [0.4, 0.5) is 0 Å². The predicted molar refractivity (Wildman–Crippen MR) is 40.0 cm³/mol. The van der Waals surface area contributed by atoms with E-state index >= 15 is 0 Å². The molecule has 2 N–H and O–H groups in total. The second-order valence-corrected chi connectivity index (χ2v) is 2.10. The van der Waals surface area contributed by atoms with Gasteiger partial charge in [-0.05, 0) is 13.0 Å². The number of aliphatic carboxylic acids is 1. The summed E-state index contributed by atoms with van der Waals surface area (Å²) in [5.74, 6) is -0.188. The molecular weight excluding hydrogens is 144 g/mol. The zero-order chi connectivity index (χ0) is 8.27. The summed E-state index contributed by atoms with van der Waals surface area (Å²) in [5.41, 5.74) is 0.699. The van der Waals surface area contributed by atoms with Crippen LogP contribution in [0.25, 0.3) is 6.08 Å². The second-order valence-electron chi connectivity index (χ2n) is 2.10. The SMILES string of the molecule is Cc1ncc(/C=C\C(=O)O)[nH]1. The standard InChI is InChI=1S/C7H8N2O2/c1-5-8-4-6(9-5)2-3-7(10)11/h2-4H,1H3,(H,8,9)(H,10,11)/b3-2-. The fourth-order valence-electron chi connectivity index (χ4n) is 0.686. The molecule has 4 nitrogen and oxygen atoms in total. The number of hydrogen-bond donors (Lipinski definition) is 2. The molecule has 1 aromatic rings. The third-order valence-electron chi connectivity index (χ3n) is 1.13. The molecule has 0 aliphatic heterocycles. The predicted octanol–water partition coefficient (Wildman–Crippen LogP) is 0.816. The van der Waals surface area contributed by atoms with Crippen LogP contribution in [0.5, 0.6) is 0 Å². The Morgan fingerprint density at radius 2 is 2.55 bits per heavy atom. The number of hydrogen-bond acceptors (Lipinski definition) is 2. The number of aromatic nitrogens is 2. The molecule has 1 aromatic heterocycles. The van der Waals surface area contributed by atoms with E-state index in [1.807, 2.05) is 0 Å². The van der Waals surface area contributed by atoms with E-state index in [1.165, 1.54) is 6.08 Å². The number of carbonyl (C=O) groups is 1. The molecule has 0 aliphatic carbocycles. The summed E-state index contributed by atoms with van der Waals surface area (Å²) in [4.78, 5) is 16.8. The molecular formula is C7H8N2O2. The number of aryl methyl sites for hydroxylation is 1. The molecule has 0 aromatic carbocycles. The van der Waals surface area contributed by atoms with Crippen molar-refractivity contribution >= 4 is 12.0 Å². The van der Waals surface area contributed by atoms with Crippen molar-refractivity contribution in [3.8, 4) is 0 Å². The molecule has 1 heterocycles. The van der Waals surface area contributed by atoms with E-state index in [4.69, 9.17) is 5.11 Å². The van der Waals surface area contributed by atoms with Crippen molar-refractivity contribution in [2.24, 2.45) is 0 Å². The van der Waals surface area contributed by atoms with E-state index in [0.717, 1.165) is 11.9 Å². The van der Waals surface area contributed by atoms with E-state index in [0.29, 0.717) is 5.69 Å². The lowest BCUT2D eigenvalue weighted by molar-refractivity contribution is -0.131. The first-order valence-electron chi connectivity index (χ1n) is 3.11. The van der Waals surface area contributed by atoms with Crippen molar-refractivity contribution in [3.05, 3.63) is 23.8 Å². The number of nitrogens with one attached hydrogen (secondary N) is 1. The van der Waals surface area contributed by atoms with E-state index in [9.17, 15) is 4.79 Å². The quantitative estimate of drug-likeness (QED) is 0.616. The molecule has 1 rings (SSSR count).